The van der Waals surface area contributed by atoms with Crippen molar-refractivity contribution in [2.75, 3.05) is 0 Å². The van der Waals surface area contributed by atoms with E-state index in [1.54, 1.807) is 0 Å². The summed E-state index contributed by atoms with van der Waals surface area (Å²) < 4.78 is 0. The van der Waals surface area contributed by atoms with Crippen molar-refractivity contribution in [3.8, 4) is 0 Å². The maximum absolute atomic E-state index is 3.05. The third-order valence-corrected chi connectivity index (χ3v) is 2.61. The molecule has 2 heteroatoms. The summed E-state index contributed by atoms with van der Waals surface area (Å²) in [7, 11) is 0. The molecule has 1 aromatic carbocycles. The van der Waals surface area contributed by atoms with Crippen LogP contribution in [0.3, 0.4) is 0 Å². The summed E-state index contributed by atoms with van der Waals surface area (Å²) in [5.74, 6) is 0. The summed E-state index contributed by atoms with van der Waals surface area (Å²) in [5.41, 5.74) is 1.46. The minimum Gasteiger partial charge on any atom is -1.00 e. The molecule has 1 rings (SSSR count). The molecule has 0 atom stereocenters. The summed E-state index contributed by atoms with van der Waals surface area (Å²) in [5, 5.41) is 0. The van der Waals surface area contributed by atoms with Crippen LogP contribution < -0.4 is 12.4 Å². The zero-order valence-corrected chi connectivity index (χ0v) is 12.5. The zero-order chi connectivity index (χ0) is 10.1. The van der Waals surface area contributed by atoms with E-state index in [1.165, 1.54) is 50.5 Å². The van der Waals surface area contributed by atoms with E-state index in [4.69, 9.17) is 0 Å². The topological polar surface area (TPSA) is 0 Å². The third kappa shape index (κ3) is 9.50. The Morgan fingerprint density at radius 3 is 2.12 bits per heavy atom. The van der Waals surface area contributed by atoms with Crippen molar-refractivity contribution in [2.24, 2.45) is 0 Å². The normalized spacial score (nSPS) is 9.06. The minimum absolute atomic E-state index is 0. The Kier molecular flexibility index (Phi) is 15.5. The fraction of sp³-hybridized carbons (Fsp3) is 0.571. The Labute approximate surface area is 123 Å². The average Bonchev–Trinajstić information content (AvgIpc) is 2.25. The second-order valence-corrected chi connectivity index (χ2v) is 3.93. The van der Waals surface area contributed by atoms with Crippen LogP contribution in [-0.2, 0) is 6.42 Å². The quantitative estimate of drug-likeness (QED) is 0.384. The van der Waals surface area contributed by atoms with Crippen molar-refractivity contribution < 1.29 is 12.4 Å². The van der Waals surface area contributed by atoms with Crippen molar-refractivity contribution in [3.63, 3.8) is 0 Å². The van der Waals surface area contributed by atoms with Crippen LogP contribution in [0.15, 0.2) is 24.3 Å². The van der Waals surface area contributed by atoms with Crippen LogP contribution in [0.2, 0.25) is 0 Å². The summed E-state index contributed by atoms with van der Waals surface area (Å²) in [4.78, 5) is 0. The van der Waals surface area contributed by atoms with Gasteiger partial charge in [0.05, 0.1) is 0 Å². The fourth-order valence-electron chi connectivity index (χ4n) is 1.70. The van der Waals surface area contributed by atoms with E-state index < -0.39 is 0 Å². The van der Waals surface area contributed by atoms with Gasteiger partial charge in [-0.25, -0.2) is 0 Å². The Morgan fingerprint density at radius 2 is 1.50 bits per heavy atom. The van der Waals surface area contributed by atoms with Gasteiger partial charge < -0.3 is 12.4 Å². The molecule has 0 nitrogen and oxygen atoms in total. The first-order valence-corrected chi connectivity index (χ1v) is 5.88. The van der Waals surface area contributed by atoms with Gasteiger partial charge in [-0.3, -0.25) is 0 Å². The number of aryl methyl sites for hydroxylation is 1. The molecule has 0 heterocycles. The molecular formula is C14H21ClMg. The Bertz CT molecular complexity index is 223. The van der Waals surface area contributed by atoms with E-state index in [0.29, 0.717) is 0 Å². The van der Waals surface area contributed by atoms with Gasteiger partial charge in [0.15, 0.2) is 0 Å². The molecule has 0 amide bonds. The van der Waals surface area contributed by atoms with Gasteiger partial charge in [-0.15, -0.1) is 0 Å². The molecule has 0 N–H and O–H groups in total. The number of halogens is 1. The van der Waals surface area contributed by atoms with Crippen LogP contribution >= 0.6 is 0 Å². The van der Waals surface area contributed by atoms with Crippen molar-refractivity contribution in [1.29, 1.82) is 0 Å². The van der Waals surface area contributed by atoms with Crippen LogP contribution in [0.5, 0.6) is 0 Å². The van der Waals surface area contributed by atoms with Crippen LogP contribution in [0.1, 0.15) is 51.0 Å². The Balaban J connectivity index is 0. The molecule has 16 heavy (non-hydrogen) atoms. The van der Waals surface area contributed by atoms with E-state index in [1.807, 2.05) is 12.1 Å². The number of unbranched alkanes of at least 4 members (excludes halogenated alkanes) is 5. The molecule has 0 bridgehead atoms. The smallest absolute Gasteiger partial charge is 1.00 e. The van der Waals surface area contributed by atoms with Crippen LogP contribution in [0.25, 0.3) is 0 Å². The van der Waals surface area contributed by atoms with Crippen molar-refractivity contribution in [1.82, 2.24) is 0 Å². The van der Waals surface area contributed by atoms with Gasteiger partial charge in [-0.1, -0.05) is 51.9 Å². The molecule has 0 fully saturated rings. The van der Waals surface area contributed by atoms with Gasteiger partial charge in [-0.05, 0) is 0 Å². The standard InChI is InChI=1S/C14H21.ClH.Mg/c1-2-3-4-5-6-8-11-14-12-9-7-10-13-14;;/h9-10,12-13H,2-6,8,11H2,1H3;1H;/q-1;;+2/p-1. The SMILES string of the molecule is CCCCCCCCc1cc[c-]cc1.[Cl-].[Mg+2]. The molecule has 0 aliphatic heterocycles. The zero-order valence-electron chi connectivity index (χ0n) is 10.3. The molecule has 0 saturated carbocycles. The van der Waals surface area contributed by atoms with E-state index in [-0.39, 0.29) is 35.5 Å². The molecule has 86 valence electrons. The van der Waals surface area contributed by atoms with Gasteiger partial charge in [0.1, 0.15) is 0 Å². The van der Waals surface area contributed by atoms with E-state index in [2.05, 4.69) is 25.1 Å². The van der Waals surface area contributed by atoms with Crippen LogP contribution in [-0.4, -0.2) is 23.1 Å². The summed E-state index contributed by atoms with van der Waals surface area (Å²) in [6.45, 7) is 2.26. The van der Waals surface area contributed by atoms with Crippen LogP contribution in [0, 0.1) is 6.07 Å². The monoisotopic (exact) mass is 248 g/mol. The number of rotatable bonds is 7. The van der Waals surface area contributed by atoms with E-state index in [0.717, 1.165) is 0 Å². The molecule has 0 saturated heterocycles. The van der Waals surface area contributed by atoms with Crippen molar-refractivity contribution in [2.45, 2.75) is 51.9 Å². The Morgan fingerprint density at radius 1 is 0.938 bits per heavy atom. The second-order valence-electron chi connectivity index (χ2n) is 3.93. The van der Waals surface area contributed by atoms with Gasteiger partial charge in [0.25, 0.3) is 0 Å². The Hall–Kier alpha value is 0.276. The molecule has 0 unspecified atom stereocenters. The van der Waals surface area contributed by atoms with Crippen molar-refractivity contribution in [3.05, 3.63) is 35.9 Å². The first kappa shape index (κ1) is 18.6. The molecule has 1 aromatic rings. The van der Waals surface area contributed by atoms with Gasteiger partial charge in [-0.2, -0.15) is 35.9 Å². The molecule has 0 spiro atoms. The maximum Gasteiger partial charge on any atom is 2.00 e. The van der Waals surface area contributed by atoms with Crippen molar-refractivity contribution >= 4 is 23.1 Å². The van der Waals surface area contributed by atoms with E-state index in [9.17, 15) is 0 Å². The first-order valence-electron chi connectivity index (χ1n) is 5.88. The number of hydrogen-bond donors (Lipinski definition) is 0. The first-order chi connectivity index (χ1) is 6.93. The van der Waals surface area contributed by atoms with Gasteiger partial charge >= 0.3 is 23.1 Å². The van der Waals surface area contributed by atoms with E-state index >= 15 is 0 Å². The third-order valence-electron chi connectivity index (χ3n) is 2.61. The predicted octanol–water partition coefficient (Wildman–Crippen LogP) is 1.01. The number of hydrogen-bond acceptors (Lipinski definition) is 0. The average molecular weight is 249 g/mol. The molecule has 0 aliphatic rings. The minimum atomic E-state index is 0. The molecular weight excluding hydrogens is 228 g/mol. The summed E-state index contributed by atoms with van der Waals surface area (Å²) in [6.07, 6.45) is 9.54. The summed E-state index contributed by atoms with van der Waals surface area (Å²) in [6, 6.07) is 11.4. The predicted molar refractivity (Wildman–Crippen MR) is 68.1 cm³/mol. The largest absolute Gasteiger partial charge is 2.00 e. The molecule has 0 aromatic heterocycles. The summed E-state index contributed by atoms with van der Waals surface area (Å²) >= 11 is 0. The van der Waals surface area contributed by atoms with Crippen LogP contribution in [0.4, 0.5) is 0 Å². The number of benzene rings is 1. The van der Waals surface area contributed by atoms with Gasteiger partial charge in [0.2, 0.25) is 0 Å². The second kappa shape index (κ2) is 13.3. The maximum atomic E-state index is 3.05. The fourth-order valence-corrected chi connectivity index (χ4v) is 1.70. The van der Waals surface area contributed by atoms with Gasteiger partial charge in [0, 0.05) is 0 Å². The molecule has 0 aliphatic carbocycles. The molecule has 0 radical (unpaired) electrons.